The maximum atomic E-state index is 12.8. The number of H-pyrrole nitrogens is 1. The Morgan fingerprint density at radius 2 is 2.00 bits per heavy atom. The molecule has 0 radical (unpaired) electrons. The van der Waals surface area contributed by atoms with Crippen molar-refractivity contribution in [2.45, 2.75) is 45.8 Å². The maximum Gasteiger partial charge on any atom is 0.416 e. The SMILES string of the molecule is Cc1nc(C)c(CCC(=O)N[C@@H](C)c2cccc(C(F)(F)F)c2)c(=O)[nH]1. The van der Waals surface area contributed by atoms with Crippen LogP contribution < -0.4 is 10.9 Å². The van der Waals surface area contributed by atoms with Gasteiger partial charge in [0.2, 0.25) is 5.91 Å². The Bertz CT molecular complexity index is 859. The minimum absolute atomic E-state index is 0.0396. The molecular weight excluding hydrogens is 347 g/mol. The van der Waals surface area contributed by atoms with E-state index in [1.165, 1.54) is 12.1 Å². The molecule has 2 rings (SSSR count). The van der Waals surface area contributed by atoms with Crippen LogP contribution in [-0.2, 0) is 17.4 Å². The van der Waals surface area contributed by atoms with Gasteiger partial charge in [-0.05, 0) is 44.9 Å². The topological polar surface area (TPSA) is 74.8 Å². The number of rotatable bonds is 5. The lowest BCUT2D eigenvalue weighted by Gasteiger charge is -2.16. The Morgan fingerprint density at radius 1 is 1.31 bits per heavy atom. The minimum atomic E-state index is -4.43. The molecule has 0 aliphatic carbocycles. The minimum Gasteiger partial charge on any atom is -0.350 e. The summed E-state index contributed by atoms with van der Waals surface area (Å²) < 4.78 is 38.3. The van der Waals surface area contributed by atoms with Gasteiger partial charge in [-0.2, -0.15) is 13.2 Å². The van der Waals surface area contributed by atoms with E-state index in [1.54, 1.807) is 20.8 Å². The quantitative estimate of drug-likeness (QED) is 0.852. The molecule has 140 valence electrons. The number of halogens is 3. The third kappa shape index (κ3) is 4.93. The maximum absolute atomic E-state index is 12.8. The summed E-state index contributed by atoms with van der Waals surface area (Å²) in [5.74, 6) is 0.146. The molecule has 0 unspecified atom stereocenters. The molecule has 26 heavy (non-hydrogen) atoms. The Hall–Kier alpha value is -2.64. The van der Waals surface area contributed by atoms with Crippen molar-refractivity contribution in [2.24, 2.45) is 0 Å². The van der Waals surface area contributed by atoms with E-state index in [-0.39, 0.29) is 24.3 Å². The number of hydrogen-bond acceptors (Lipinski definition) is 3. The highest BCUT2D eigenvalue weighted by molar-refractivity contribution is 5.76. The summed E-state index contributed by atoms with van der Waals surface area (Å²) in [6.07, 6.45) is -4.19. The molecule has 1 aromatic heterocycles. The Labute approximate surface area is 148 Å². The van der Waals surface area contributed by atoms with Gasteiger partial charge in [-0.15, -0.1) is 0 Å². The van der Waals surface area contributed by atoms with Crippen LogP contribution in [0, 0.1) is 13.8 Å². The van der Waals surface area contributed by atoms with Crippen molar-refractivity contribution in [3.05, 3.63) is 62.8 Å². The molecular formula is C18H20F3N3O2. The zero-order valence-electron chi connectivity index (χ0n) is 14.7. The van der Waals surface area contributed by atoms with Crippen molar-refractivity contribution in [1.29, 1.82) is 0 Å². The molecule has 0 aliphatic heterocycles. The van der Waals surface area contributed by atoms with E-state index in [2.05, 4.69) is 15.3 Å². The highest BCUT2D eigenvalue weighted by atomic mass is 19.4. The zero-order valence-corrected chi connectivity index (χ0v) is 14.7. The molecule has 0 fully saturated rings. The second-order valence-corrected chi connectivity index (χ2v) is 6.13. The third-order valence-electron chi connectivity index (χ3n) is 4.03. The lowest BCUT2D eigenvalue weighted by atomic mass is 10.0. The molecule has 1 aromatic carbocycles. The number of benzene rings is 1. The van der Waals surface area contributed by atoms with Gasteiger partial charge in [-0.1, -0.05) is 12.1 Å². The van der Waals surface area contributed by atoms with Crippen LogP contribution in [-0.4, -0.2) is 15.9 Å². The molecule has 0 saturated heterocycles. The van der Waals surface area contributed by atoms with Gasteiger partial charge in [0.05, 0.1) is 11.6 Å². The van der Waals surface area contributed by atoms with Crippen molar-refractivity contribution >= 4 is 5.91 Å². The second-order valence-electron chi connectivity index (χ2n) is 6.13. The van der Waals surface area contributed by atoms with Crippen LogP contribution in [0.2, 0.25) is 0 Å². The molecule has 0 aliphatic rings. The summed E-state index contributed by atoms with van der Waals surface area (Å²) in [5.41, 5.74) is 0.305. The molecule has 1 heterocycles. The first-order chi connectivity index (χ1) is 12.1. The Kier molecular flexibility index (Phi) is 5.84. The average molecular weight is 367 g/mol. The number of aromatic nitrogens is 2. The summed E-state index contributed by atoms with van der Waals surface area (Å²) in [4.78, 5) is 30.8. The first-order valence-electron chi connectivity index (χ1n) is 8.11. The first-order valence-corrected chi connectivity index (χ1v) is 8.11. The smallest absolute Gasteiger partial charge is 0.350 e. The number of carbonyl (C=O) groups excluding carboxylic acids is 1. The van der Waals surface area contributed by atoms with Gasteiger partial charge in [0.15, 0.2) is 0 Å². The summed E-state index contributed by atoms with van der Waals surface area (Å²) in [5, 5.41) is 2.66. The average Bonchev–Trinajstić information content (AvgIpc) is 2.53. The van der Waals surface area contributed by atoms with E-state index < -0.39 is 17.8 Å². The molecule has 1 amide bonds. The van der Waals surface area contributed by atoms with Crippen molar-refractivity contribution in [2.75, 3.05) is 0 Å². The van der Waals surface area contributed by atoms with Crippen molar-refractivity contribution in [3.8, 4) is 0 Å². The number of alkyl halides is 3. The summed E-state index contributed by atoms with van der Waals surface area (Å²) in [6, 6.07) is 4.25. The van der Waals surface area contributed by atoms with Crippen LogP contribution >= 0.6 is 0 Å². The number of amides is 1. The summed E-state index contributed by atoms with van der Waals surface area (Å²) >= 11 is 0. The molecule has 0 saturated carbocycles. The number of carbonyl (C=O) groups is 1. The largest absolute Gasteiger partial charge is 0.416 e. The third-order valence-corrected chi connectivity index (χ3v) is 4.03. The summed E-state index contributed by atoms with van der Waals surface area (Å²) in [6.45, 7) is 4.97. The Morgan fingerprint density at radius 3 is 2.62 bits per heavy atom. The van der Waals surface area contributed by atoms with E-state index in [4.69, 9.17) is 0 Å². The molecule has 5 nitrogen and oxygen atoms in total. The Balaban J connectivity index is 2.01. The number of aromatic amines is 1. The van der Waals surface area contributed by atoms with Crippen LogP contribution in [0.1, 0.15) is 47.6 Å². The van der Waals surface area contributed by atoms with E-state index in [0.29, 0.717) is 22.6 Å². The molecule has 1 atom stereocenters. The van der Waals surface area contributed by atoms with Gasteiger partial charge in [0.1, 0.15) is 5.82 Å². The van der Waals surface area contributed by atoms with Gasteiger partial charge in [0, 0.05) is 17.7 Å². The van der Waals surface area contributed by atoms with Crippen LogP contribution in [0.15, 0.2) is 29.1 Å². The second kappa shape index (κ2) is 7.72. The monoisotopic (exact) mass is 367 g/mol. The normalized spacial score (nSPS) is 12.7. The van der Waals surface area contributed by atoms with Gasteiger partial charge in [0.25, 0.3) is 5.56 Å². The van der Waals surface area contributed by atoms with Crippen LogP contribution in [0.4, 0.5) is 13.2 Å². The van der Waals surface area contributed by atoms with E-state index >= 15 is 0 Å². The van der Waals surface area contributed by atoms with E-state index in [0.717, 1.165) is 12.1 Å². The number of aryl methyl sites for hydroxylation is 2. The van der Waals surface area contributed by atoms with Gasteiger partial charge in [-0.3, -0.25) is 9.59 Å². The predicted molar refractivity (Wildman–Crippen MR) is 90.7 cm³/mol. The lowest BCUT2D eigenvalue weighted by Crippen LogP contribution is -2.28. The molecule has 0 spiro atoms. The van der Waals surface area contributed by atoms with Crippen molar-refractivity contribution in [1.82, 2.24) is 15.3 Å². The first kappa shape index (κ1) is 19.7. The van der Waals surface area contributed by atoms with Gasteiger partial charge < -0.3 is 10.3 Å². The highest BCUT2D eigenvalue weighted by Gasteiger charge is 2.30. The number of nitrogens with one attached hydrogen (secondary N) is 2. The zero-order chi connectivity index (χ0) is 19.5. The van der Waals surface area contributed by atoms with Gasteiger partial charge in [-0.25, -0.2) is 4.98 Å². The summed E-state index contributed by atoms with van der Waals surface area (Å²) in [7, 11) is 0. The highest BCUT2D eigenvalue weighted by Crippen LogP contribution is 2.30. The van der Waals surface area contributed by atoms with Crippen molar-refractivity contribution < 1.29 is 18.0 Å². The fourth-order valence-corrected chi connectivity index (χ4v) is 2.67. The van der Waals surface area contributed by atoms with Crippen molar-refractivity contribution in [3.63, 3.8) is 0 Å². The number of nitrogens with zero attached hydrogens (tertiary/aromatic N) is 1. The standard InChI is InChI=1S/C18H20F3N3O2/c1-10(13-5-4-6-14(9-13)18(19,20)21)23-16(25)8-7-15-11(2)22-12(3)24-17(15)26/h4-6,9-10H,7-8H2,1-3H3,(H,23,25)(H,22,24,26)/t10-/m0/s1. The molecule has 8 heteroatoms. The van der Waals surface area contributed by atoms with Gasteiger partial charge >= 0.3 is 6.18 Å². The van der Waals surface area contributed by atoms with Crippen LogP contribution in [0.5, 0.6) is 0 Å². The fraction of sp³-hybridized carbons (Fsp3) is 0.389. The lowest BCUT2D eigenvalue weighted by molar-refractivity contribution is -0.137. The molecule has 2 N–H and O–H groups in total. The van der Waals surface area contributed by atoms with E-state index in [1.807, 2.05) is 0 Å². The van der Waals surface area contributed by atoms with Crippen LogP contribution in [0.3, 0.4) is 0 Å². The molecule has 0 bridgehead atoms. The predicted octanol–water partition coefficient (Wildman–Crippen LogP) is 3.22. The van der Waals surface area contributed by atoms with Crippen LogP contribution in [0.25, 0.3) is 0 Å². The molecule has 2 aromatic rings. The van der Waals surface area contributed by atoms with E-state index in [9.17, 15) is 22.8 Å². The fourth-order valence-electron chi connectivity index (χ4n) is 2.67. The number of hydrogen-bond donors (Lipinski definition) is 2.